The Bertz CT molecular complexity index is 410. The molecule has 0 aliphatic heterocycles. The van der Waals surface area contributed by atoms with Crippen LogP contribution in [0.15, 0.2) is 30.3 Å². The molecule has 0 heterocycles. The van der Waals surface area contributed by atoms with Gasteiger partial charge in [0.15, 0.2) is 0 Å². The Kier molecular flexibility index (Phi) is 3.23. The van der Waals surface area contributed by atoms with Crippen LogP contribution in [0.4, 0.5) is 0 Å². The second kappa shape index (κ2) is 4.87. The first kappa shape index (κ1) is 12.0. The molecule has 3 rings (SSSR count). The molecule has 1 aromatic carbocycles. The largest absolute Gasteiger partial charge is 0.299 e. The number of benzene rings is 1. The molecule has 1 nitrogen and oxygen atoms in total. The van der Waals surface area contributed by atoms with E-state index in [0.717, 1.165) is 19.3 Å². The lowest BCUT2D eigenvalue weighted by atomic mass is 9.60. The highest BCUT2D eigenvalue weighted by Crippen LogP contribution is 2.46. The molecule has 0 bridgehead atoms. The SMILES string of the molecule is O=C(CC1CCCC1)C1(c2ccccc2)CCC1. The molecular formula is C17H22O. The topological polar surface area (TPSA) is 17.1 Å². The zero-order valence-corrected chi connectivity index (χ0v) is 11.0. The molecule has 2 saturated carbocycles. The van der Waals surface area contributed by atoms with Gasteiger partial charge in [0.05, 0.1) is 5.41 Å². The Balaban J connectivity index is 1.77. The molecule has 0 unspecified atom stereocenters. The van der Waals surface area contributed by atoms with E-state index >= 15 is 0 Å². The van der Waals surface area contributed by atoms with Gasteiger partial charge in [-0.05, 0) is 24.3 Å². The third-order valence-electron chi connectivity index (χ3n) is 5.02. The monoisotopic (exact) mass is 242 g/mol. The molecule has 0 saturated heterocycles. The molecule has 2 aliphatic carbocycles. The van der Waals surface area contributed by atoms with E-state index in [1.807, 2.05) is 6.07 Å². The maximum absolute atomic E-state index is 12.7. The van der Waals surface area contributed by atoms with Crippen molar-refractivity contribution in [2.75, 3.05) is 0 Å². The number of hydrogen-bond donors (Lipinski definition) is 0. The fourth-order valence-corrected chi connectivity index (χ4v) is 3.69. The molecule has 0 amide bonds. The smallest absolute Gasteiger partial charge is 0.143 e. The normalized spacial score (nSPS) is 22.7. The summed E-state index contributed by atoms with van der Waals surface area (Å²) in [6, 6.07) is 10.5. The van der Waals surface area contributed by atoms with Crippen LogP contribution in [0, 0.1) is 5.92 Å². The third kappa shape index (κ3) is 2.00. The standard InChI is InChI=1S/C17H22O/c18-16(13-14-7-4-5-8-14)17(11-6-12-17)15-9-2-1-3-10-15/h1-3,9-10,14H,4-8,11-13H2. The zero-order chi connectivity index (χ0) is 12.4. The van der Waals surface area contributed by atoms with E-state index < -0.39 is 0 Å². The summed E-state index contributed by atoms with van der Waals surface area (Å²) in [6.45, 7) is 0. The van der Waals surface area contributed by atoms with Gasteiger partial charge in [-0.15, -0.1) is 0 Å². The lowest BCUT2D eigenvalue weighted by Gasteiger charge is -2.41. The van der Waals surface area contributed by atoms with Crippen LogP contribution in [-0.2, 0) is 10.2 Å². The first-order valence-corrected chi connectivity index (χ1v) is 7.40. The van der Waals surface area contributed by atoms with Gasteiger partial charge >= 0.3 is 0 Å². The van der Waals surface area contributed by atoms with Crippen molar-refractivity contribution in [3.63, 3.8) is 0 Å². The average molecular weight is 242 g/mol. The van der Waals surface area contributed by atoms with Crippen LogP contribution in [0.2, 0.25) is 0 Å². The minimum Gasteiger partial charge on any atom is -0.299 e. The summed E-state index contributed by atoms with van der Waals surface area (Å²) >= 11 is 0. The van der Waals surface area contributed by atoms with Crippen molar-refractivity contribution in [3.05, 3.63) is 35.9 Å². The summed E-state index contributed by atoms with van der Waals surface area (Å²) in [7, 11) is 0. The maximum atomic E-state index is 12.7. The van der Waals surface area contributed by atoms with Gasteiger partial charge in [0, 0.05) is 6.42 Å². The quantitative estimate of drug-likeness (QED) is 0.771. The molecule has 1 heteroatoms. The fraction of sp³-hybridized carbons (Fsp3) is 0.588. The van der Waals surface area contributed by atoms with Crippen LogP contribution in [0.25, 0.3) is 0 Å². The predicted octanol–water partition coefficient (Wildman–Crippen LogP) is 4.26. The molecule has 0 spiro atoms. The molecule has 2 fully saturated rings. The summed E-state index contributed by atoms with van der Waals surface area (Å²) in [5.41, 5.74) is 1.16. The van der Waals surface area contributed by atoms with Crippen LogP contribution >= 0.6 is 0 Å². The summed E-state index contributed by atoms with van der Waals surface area (Å²) in [5, 5.41) is 0. The summed E-state index contributed by atoms with van der Waals surface area (Å²) in [5.74, 6) is 1.20. The van der Waals surface area contributed by atoms with Crippen molar-refractivity contribution in [3.8, 4) is 0 Å². The maximum Gasteiger partial charge on any atom is 0.143 e. The molecule has 0 radical (unpaired) electrons. The fourth-order valence-electron chi connectivity index (χ4n) is 3.69. The van der Waals surface area contributed by atoms with Crippen molar-refractivity contribution >= 4 is 5.78 Å². The number of Topliss-reactive ketones (excluding diaryl/α,β-unsaturated/α-hetero) is 1. The number of carbonyl (C=O) groups excluding carboxylic acids is 1. The van der Waals surface area contributed by atoms with Crippen molar-refractivity contribution < 1.29 is 4.79 Å². The summed E-state index contributed by atoms with van der Waals surface area (Å²) < 4.78 is 0. The Morgan fingerprint density at radius 1 is 1.06 bits per heavy atom. The van der Waals surface area contributed by atoms with Gasteiger partial charge in [-0.1, -0.05) is 62.4 Å². The van der Waals surface area contributed by atoms with E-state index in [1.165, 1.54) is 37.7 Å². The van der Waals surface area contributed by atoms with Crippen molar-refractivity contribution in [2.24, 2.45) is 5.92 Å². The number of carbonyl (C=O) groups is 1. The van der Waals surface area contributed by atoms with E-state index in [4.69, 9.17) is 0 Å². The predicted molar refractivity (Wildman–Crippen MR) is 73.6 cm³/mol. The molecule has 2 aliphatic rings. The second-order valence-electron chi connectivity index (χ2n) is 6.08. The minimum atomic E-state index is -0.107. The molecule has 0 atom stereocenters. The van der Waals surface area contributed by atoms with Gasteiger partial charge < -0.3 is 0 Å². The van der Waals surface area contributed by atoms with Gasteiger partial charge in [-0.2, -0.15) is 0 Å². The van der Waals surface area contributed by atoms with Gasteiger partial charge in [0.1, 0.15) is 5.78 Å². The molecule has 0 aromatic heterocycles. The summed E-state index contributed by atoms with van der Waals surface area (Å²) in [4.78, 5) is 12.7. The van der Waals surface area contributed by atoms with Crippen LogP contribution in [0.5, 0.6) is 0 Å². The molecule has 96 valence electrons. The first-order chi connectivity index (χ1) is 8.81. The van der Waals surface area contributed by atoms with Crippen LogP contribution < -0.4 is 0 Å². The molecule has 18 heavy (non-hydrogen) atoms. The first-order valence-electron chi connectivity index (χ1n) is 7.40. The molecule has 0 N–H and O–H groups in total. The molecular weight excluding hydrogens is 220 g/mol. The highest BCUT2D eigenvalue weighted by molar-refractivity contribution is 5.91. The van der Waals surface area contributed by atoms with E-state index in [1.54, 1.807) is 0 Å². The van der Waals surface area contributed by atoms with Crippen LogP contribution in [0.3, 0.4) is 0 Å². The van der Waals surface area contributed by atoms with Gasteiger partial charge in [-0.3, -0.25) is 4.79 Å². The highest BCUT2D eigenvalue weighted by Gasteiger charge is 2.45. The highest BCUT2D eigenvalue weighted by atomic mass is 16.1. The molecule has 1 aromatic rings. The number of rotatable bonds is 4. The third-order valence-corrected chi connectivity index (χ3v) is 5.02. The van der Waals surface area contributed by atoms with Gasteiger partial charge in [-0.25, -0.2) is 0 Å². The van der Waals surface area contributed by atoms with E-state index in [0.29, 0.717) is 11.7 Å². The van der Waals surface area contributed by atoms with E-state index in [2.05, 4.69) is 24.3 Å². The van der Waals surface area contributed by atoms with E-state index in [9.17, 15) is 4.79 Å². The second-order valence-corrected chi connectivity index (χ2v) is 6.08. The van der Waals surface area contributed by atoms with Gasteiger partial charge in [0.25, 0.3) is 0 Å². The van der Waals surface area contributed by atoms with Crippen LogP contribution in [0.1, 0.15) is 56.9 Å². The number of hydrogen-bond acceptors (Lipinski definition) is 1. The van der Waals surface area contributed by atoms with E-state index in [-0.39, 0.29) is 5.41 Å². The Morgan fingerprint density at radius 3 is 2.28 bits per heavy atom. The van der Waals surface area contributed by atoms with Crippen molar-refractivity contribution in [1.82, 2.24) is 0 Å². The lowest BCUT2D eigenvalue weighted by Crippen LogP contribution is -2.43. The van der Waals surface area contributed by atoms with Crippen LogP contribution in [-0.4, -0.2) is 5.78 Å². The summed E-state index contributed by atoms with van der Waals surface area (Å²) in [6.07, 6.45) is 9.39. The Hall–Kier alpha value is -1.11. The average Bonchev–Trinajstić information content (AvgIpc) is 2.82. The zero-order valence-electron chi connectivity index (χ0n) is 11.0. The number of ketones is 1. The Morgan fingerprint density at radius 2 is 1.72 bits per heavy atom. The van der Waals surface area contributed by atoms with Crippen molar-refractivity contribution in [1.29, 1.82) is 0 Å². The minimum absolute atomic E-state index is 0.107. The lowest BCUT2D eigenvalue weighted by molar-refractivity contribution is -0.128. The van der Waals surface area contributed by atoms with Gasteiger partial charge in [0.2, 0.25) is 0 Å². The Labute approximate surface area is 110 Å². The van der Waals surface area contributed by atoms with Crippen molar-refractivity contribution in [2.45, 2.75) is 56.8 Å².